The van der Waals surface area contributed by atoms with E-state index in [1.165, 1.54) is 6.07 Å². The molecule has 1 N–H and O–H groups in total. The van der Waals surface area contributed by atoms with E-state index < -0.39 is 34.8 Å². The van der Waals surface area contributed by atoms with Crippen LogP contribution in [0, 0.1) is 29.1 Å². The summed E-state index contributed by atoms with van der Waals surface area (Å²) in [7, 11) is 0. The lowest BCUT2D eigenvalue weighted by atomic mass is 10.2. The van der Waals surface area contributed by atoms with Crippen molar-refractivity contribution in [2.24, 2.45) is 0 Å². The van der Waals surface area contributed by atoms with Gasteiger partial charge in [-0.3, -0.25) is 0 Å². The lowest BCUT2D eigenvalue weighted by Crippen LogP contribution is -2.07. The van der Waals surface area contributed by atoms with Gasteiger partial charge in [0, 0.05) is 6.07 Å². The lowest BCUT2D eigenvalue weighted by Gasteiger charge is -2.09. The second-order valence-electron chi connectivity index (χ2n) is 3.30. The van der Waals surface area contributed by atoms with Crippen LogP contribution in [-0.2, 0) is 0 Å². The largest absolute Gasteiger partial charge is 0.335 e. The zero-order valence-corrected chi connectivity index (χ0v) is 10.4. The molecule has 0 atom stereocenters. The molecule has 2 rings (SSSR count). The molecule has 0 aliphatic rings. The highest BCUT2D eigenvalue weighted by molar-refractivity contribution is 9.10. The molecule has 0 radical (unpaired) electrons. The van der Waals surface area contributed by atoms with Crippen LogP contribution in [-0.4, -0.2) is 9.97 Å². The first-order valence-corrected chi connectivity index (χ1v) is 5.47. The predicted molar refractivity (Wildman–Crippen MR) is 59.2 cm³/mol. The summed E-state index contributed by atoms with van der Waals surface area (Å²) < 4.78 is 65.7. The summed E-state index contributed by atoms with van der Waals surface area (Å²) in [6.07, 6.45) is 1.04. The molecule has 0 aliphatic carbocycles. The summed E-state index contributed by atoms with van der Waals surface area (Å²) in [5, 5.41) is 2.01. The molecular formula is C10H3BrF5N3. The number of halogens is 6. The number of hydrogen-bond acceptors (Lipinski definition) is 3. The SMILES string of the molecule is Fc1c(F)c(F)c(Nc2cc(Br)ncn2)c(F)c1F. The zero-order valence-electron chi connectivity index (χ0n) is 8.82. The molecule has 100 valence electrons. The Hall–Kier alpha value is -1.77. The summed E-state index contributed by atoms with van der Waals surface area (Å²) in [6.45, 7) is 0. The number of nitrogens with zero attached hydrogens (tertiary/aromatic N) is 2. The van der Waals surface area contributed by atoms with E-state index >= 15 is 0 Å². The monoisotopic (exact) mass is 339 g/mol. The van der Waals surface area contributed by atoms with Gasteiger partial charge in [0.1, 0.15) is 22.4 Å². The van der Waals surface area contributed by atoms with Crippen molar-refractivity contribution in [3.05, 3.63) is 46.1 Å². The molecule has 0 saturated heterocycles. The van der Waals surface area contributed by atoms with Crippen LogP contribution in [0.25, 0.3) is 0 Å². The van der Waals surface area contributed by atoms with Gasteiger partial charge >= 0.3 is 0 Å². The average Bonchev–Trinajstić information content (AvgIpc) is 2.39. The number of rotatable bonds is 2. The minimum Gasteiger partial charge on any atom is -0.335 e. The second kappa shape index (κ2) is 5.08. The Morgan fingerprint density at radius 1 is 0.842 bits per heavy atom. The Morgan fingerprint density at radius 3 is 1.89 bits per heavy atom. The number of anilines is 2. The van der Waals surface area contributed by atoms with Gasteiger partial charge in [0.2, 0.25) is 5.82 Å². The molecule has 1 aromatic carbocycles. The molecule has 0 saturated carbocycles. The van der Waals surface area contributed by atoms with Crippen molar-refractivity contribution in [1.29, 1.82) is 0 Å². The van der Waals surface area contributed by atoms with Crippen molar-refractivity contribution in [3.63, 3.8) is 0 Å². The predicted octanol–water partition coefficient (Wildman–Crippen LogP) is 3.68. The van der Waals surface area contributed by atoms with Gasteiger partial charge in [0.05, 0.1) is 0 Å². The first-order chi connectivity index (χ1) is 8.91. The standard InChI is InChI=1S/C10H3BrF5N3/c11-3-1-4(18-2-17-3)19-10-8(15)6(13)5(12)7(14)9(10)16/h1-2H,(H,17,18,19). The molecule has 0 aliphatic heterocycles. The van der Waals surface area contributed by atoms with Crippen molar-refractivity contribution < 1.29 is 22.0 Å². The first-order valence-electron chi connectivity index (χ1n) is 4.67. The van der Waals surface area contributed by atoms with E-state index in [1.54, 1.807) is 0 Å². The van der Waals surface area contributed by atoms with Gasteiger partial charge in [-0.1, -0.05) is 0 Å². The van der Waals surface area contributed by atoms with Crippen molar-refractivity contribution in [2.45, 2.75) is 0 Å². The van der Waals surface area contributed by atoms with E-state index in [1.807, 2.05) is 5.32 Å². The molecule has 19 heavy (non-hydrogen) atoms. The fraction of sp³-hybridized carbons (Fsp3) is 0. The highest BCUT2D eigenvalue weighted by Crippen LogP contribution is 2.29. The van der Waals surface area contributed by atoms with Gasteiger partial charge in [-0.2, -0.15) is 0 Å². The van der Waals surface area contributed by atoms with Crippen LogP contribution in [0.15, 0.2) is 17.0 Å². The van der Waals surface area contributed by atoms with Crippen molar-refractivity contribution >= 4 is 27.4 Å². The van der Waals surface area contributed by atoms with Gasteiger partial charge in [-0.05, 0) is 15.9 Å². The first kappa shape index (κ1) is 13.7. The zero-order chi connectivity index (χ0) is 14.2. The third kappa shape index (κ3) is 2.50. The van der Waals surface area contributed by atoms with E-state index in [9.17, 15) is 22.0 Å². The second-order valence-corrected chi connectivity index (χ2v) is 4.11. The molecular weight excluding hydrogens is 337 g/mol. The Labute approximate surface area is 111 Å². The maximum atomic E-state index is 13.4. The quantitative estimate of drug-likeness (QED) is 0.392. The normalized spacial score (nSPS) is 10.6. The van der Waals surface area contributed by atoms with E-state index in [4.69, 9.17) is 0 Å². The summed E-state index contributed by atoms with van der Waals surface area (Å²) in [5.74, 6) is -10.4. The summed E-state index contributed by atoms with van der Waals surface area (Å²) in [6, 6.07) is 1.21. The van der Waals surface area contributed by atoms with Crippen LogP contribution in [0.3, 0.4) is 0 Å². The summed E-state index contributed by atoms with van der Waals surface area (Å²) >= 11 is 2.97. The lowest BCUT2D eigenvalue weighted by molar-refractivity contribution is 0.382. The van der Waals surface area contributed by atoms with Gasteiger partial charge in [-0.25, -0.2) is 31.9 Å². The van der Waals surface area contributed by atoms with E-state index in [0.29, 0.717) is 0 Å². The minimum absolute atomic E-state index is 0.134. The number of benzene rings is 1. The van der Waals surface area contributed by atoms with E-state index in [0.717, 1.165) is 6.33 Å². The molecule has 9 heteroatoms. The highest BCUT2D eigenvalue weighted by atomic mass is 79.9. The number of aromatic nitrogens is 2. The van der Waals surface area contributed by atoms with Gasteiger partial charge < -0.3 is 5.32 Å². The molecule has 1 aromatic heterocycles. The fourth-order valence-corrected chi connectivity index (χ4v) is 1.55. The van der Waals surface area contributed by atoms with Crippen LogP contribution in [0.2, 0.25) is 0 Å². The van der Waals surface area contributed by atoms with Crippen LogP contribution in [0.5, 0.6) is 0 Å². The molecule has 3 nitrogen and oxygen atoms in total. The third-order valence-electron chi connectivity index (χ3n) is 2.10. The smallest absolute Gasteiger partial charge is 0.200 e. The Balaban J connectivity index is 2.52. The maximum absolute atomic E-state index is 13.4. The number of nitrogens with one attached hydrogen (secondary N) is 1. The van der Waals surface area contributed by atoms with Crippen LogP contribution >= 0.6 is 15.9 Å². The maximum Gasteiger partial charge on any atom is 0.200 e. The molecule has 0 amide bonds. The molecule has 2 aromatic rings. The molecule has 0 fully saturated rings. The van der Waals surface area contributed by atoms with E-state index in [-0.39, 0.29) is 10.4 Å². The topological polar surface area (TPSA) is 37.8 Å². The Bertz CT molecular complexity index is 620. The fourth-order valence-electron chi connectivity index (χ4n) is 1.24. The summed E-state index contributed by atoms with van der Waals surface area (Å²) in [4.78, 5) is 7.22. The molecule has 1 heterocycles. The Kier molecular flexibility index (Phi) is 3.65. The van der Waals surface area contributed by atoms with Crippen LogP contribution < -0.4 is 5.32 Å². The van der Waals surface area contributed by atoms with Gasteiger partial charge in [-0.15, -0.1) is 0 Å². The molecule has 0 bridgehead atoms. The summed E-state index contributed by atoms with van der Waals surface area (Å²) in [5.41, 5.74) is -1.18. The van der Waals surface area contributed by atoms with Gasteiger partial charge in [0.25, 0.3) is 0 Å². The molecule has 0 unspecified atom stereocenters. The van der Waals surface area contributed by atoms with Crippen molar-refractivity contribution in [3.8, 4) is 0 Å². The van der Waals surface area contributed by atoms with Crippen LogP contribution in [0.1, 0.15) is 0 Å². The molecule has 0 spiro atoms. The van der Waals surface area contributed by atoms with E-state index in [2.05, 4.69) is 25.9 Å². The van der Waals surface area contributed by atoms with Crippen molar-refractivity contribution in [2.75, 3.05) is 5.32 Å². The number of hydrogen-bond donors (Lipinski definition) is 1. The average molecular weight is 340 g/mol. The third-order valence-corrected chi connectivity index (χ3v) is 2.53. The van der Waals surface area contributed by atoms with Gasteiger partial charge in [0.15, 0.2) is 23.3 Å². The van der Waals surface area contributed by atoms with Crippen molar-refractivity contribution in [1.82, 2.24) is 9.97 Å². The highest BCUT2D eigenvalue weighted by Gasteiger charge is 2.26. The van der Waals surface area contributed by atoms with Crippen LogP contribution in [0.4, 0.5) is 33.5 Å². The minimum atomic E-state index is -2.22. The Morgan fingerprint density at radius 2 is 1.37 bits per heavy atom.